The molecule has 19 heavy (non-hydrogen) atoms. The molecule has 1 aromatic carbocycles. The van der Waals surface area contributed by atoms with Crippen molar-refractivity contribution in [2.75, 3.05) is 13.7 Å². The first-order valence-electron chi connectivity index (χ1n) is 6.55. The lowest BCUT2D eigenvalue weighted by Gasteiger charge is -2.19. The average Bonchev–Trinajstić information content (AvgIpc) is 2.87. The predicted molar refractivity (Wildman–Crippen MR) is 71.5 cm³/mol. The smallest absolute Gasteiger partial charge is 0.239 e. The maximum absolute atomic E-state index is 12.0. The molecule has 4 heteroatoms. The molecule has 1 unspecified atom stereocenters. The van der Waals surface area contributed by atoms with E-state index in [-0.39, 0.29) is 5.91 Å². The molecule has 0 bridgehead atoms. The lowest BCUT2D eigenvalue weighted by Crippen LogP contribution is -2.31. The highest BCUT2D eigenvalue weighted by Crippen LogP contribution is 2.26. The summed E-state index contributed by atoms with van der Waals surface area (Å²) in [6.07, 6.45) is 1.48. The Bertz CT molecular complexity index is 519. The van der Waals surface area contributed by atoms with Crippen LogP contribution in [-0.2, 0) is 17.8 Å². The Hall–Kier alpha value is -2.02. The van der Waals surface area contributed by atoms with E-state index in [2.05, 4.69) is 6.07 Å². The van der Waals surface area contributed by atoms with Crippen LogP contribution in [0.1, 0.15) is 24.5 Å². The Labute approximate surface area is 113 Å². The standard InChI is InChI=1S/C15H18N2O2/c1-3-12(9-16)15(18)17(2)10-11-4-5-14-13(8-11)6-7-19-14/h4-5,8,12H,3,6-7,10H2,1-2H3. The Balaban J connectivity index is 2.05. The van der Waals surface area contributed by atoms with Crippen molar-refractivity contribution in [2.24, 2.45) is 5.92 Å². The zero-order valence-corrected chi connectivity index (χ0v) is 11.3. The molecule has 0 N–H and O–H groups in total. The minimum Gasteiger partial charge on any atom is -0.493 e. The van der Waals surface area contributed by atoms with Gasteiger partial charge in [-0.25, -0.2) is 0 Å². The fraction of sp³-hybridized carbons (Fsp3) is 0.467. The van der Waals surface area contributed by atoms with Crippen molar-refractivity contribution in [3.8, 4) is 11.8 Å². The summed E-state index contributed by atoms with van der Waals surface area (Å²) in [5, 5.41) is 8.92. The van der Waals surface area contributed by atoms with Crippen molar-refractivity contribution < 1.29 is 9.53 Å². The molecule has 0 aromatic heterocycles. The van der Waals surface area contributed by atoms with Gasteiger partial charge in [-0.2, -0.15) is 5.26 Å². The summed E-state index contributed by atoms with van der Waals surface area (Å²) in [7, 11) is 1.74. The number of nitriles is 1. The van der Waals surface area contributed by atoms with E-state index in [0.717, 1.165) is 24.3 Å². The summed E-state index contributed by atoms with van der Waals surface area (Å²) in [5.74, 6) is 0.297. The van der Waals surface area contributed by atoms with E-state index in [1.54, 1.807) is 11.9 Å². The quantitative estimate of drug-likeness (QED) is 0.831. The number of nitrogens with zero attached hydrogens (tertiary/aromatic N) is 2. The molecule has 1 amide bonds. The molecule has 4 nitrogen and oxygen atoms in total. The van der Waals surface area contributed by atoms with E-state index in [4.69, 9.17) is 10.00 Å². The third kappa shape index (κ3) is 2.87. The molecule has 0 aliphatic carbocycles. The minimum atomic E-state index is -0.539. The Morgan fingerprint density at radius 3 is 3.05 bits per heavy atom. The number of carbonyl (C=O) groups is 1. The molecule has 0 saturated carbocycles. The fourth-order valence-electron chi connectivity index (χ4n) is 2.28. The molecule has 100 valence electrons. The average molecular weight is 258 g/mol. The van der Waals surface area contributed by atoms with Gasteiger partial charge in [0.05, 0.1) is 12.7 Å². The van der Waals surface area contributed by atoms with Gasteiger partial charge in [0.25, 0.3) is 0 Å². The summed E-state index contributed by atoms with van der Waals surface area (Å²) in [6.45, 7) is 3.12. The van der Waals surface area contributed by atoms with Crippen LogP contribution < -0.4 is 4.74 Å². The summed E-state index contributed by atoms with van der Waals surface area (Å²) in [6, 6.07) is 8.06. The molecule has 1 heterocycles. The van der Waals surface area contributed by atoms with Crippen LogP contribution in [0, 0.1) is 17.2 Å². The summed E-state index contributed by atoms with van der Waals surface area (Å²) >= 11 is 0. The number of carbonyl (C=O) groups excluding carboxylic acids is 1. The van der Waals surface area contributed by atoms with E-state index in [9.17, 15) is 4.79 Å². The van der Waals surface area contributed by atoms with Crippen molar-refractivity contribution in [2.45, 2.75) is 26.3 Å². The normalized spacial score (nSPS) is 14.2. The van der Waals surface area contributed by atoms with Crippen LogP contribution in [0.4, 0.5) is 0 Å². The van der Waals surface area contributed by atoms with Crippen LogP contribution in [0.2, 0.25) is 0 Å². The zero-order chi connectivity index (χ0) is 13.8. The van der Waals surface area contributed by atoms with Crippen LogP contribution >= 0.6 is 0 Å². The number of ether oxygens (including phenoxy) is 1. The molecule has 1 atom stereocenters. The van der Waals surface area contributed by atoms with Gasteiger partial charge in [-0.05, 0) is 23.6 Å². The van der Waals surface area contributed by atoms with Gasteiger partial charge in [-0.1, -0.05) is 19.1 Å². The molecule has 2 rings (SSSR count). The molecule has 1 aliphatic rings. The van der Waals surface area contributed by atoms with Gasteiger partial charge in [0, 0.05) is 20.0 Å². The lowest BCUT2D eigenvalue weighted by molar-refractivity contribution is -0.133. The third-order valence-electron chi connectivity index (χ3n) is 3.41. The van der Waals surface area contributed by atoms with E-state index >= 15 is 0 Å². The van der Waals surface area contributed by atoms with Crippen molar-refractivity contribution in [3.63, 3.8) is 0 Å². The number of hydrogen-bond donors (Lipinski definition) is 0. The Morgan fingerprint density at radius 2 is 2.37 bits per heavy atom. The number of fused-ring (bicyclic) bond motifs is 1. The molecule has 0 radical (unpaired) electrons. The lowest BCUT2D eigenvalue weighted by atomic mass is 10.1. The minimum absolute atomic E-state index is 0.109. The van der Waals surface area contributed by atoms with E-state index in [0.29, 0.717) is 13.0 Å². The number of rotatable bonds is 4. The first kappa shape index (κ1) is 13.4. The SMILES string of the molecule is CCC(C#N)C(=O)N(C)Cc1ccc2c(c1)CCO2. The maximum atomic E-state index is 12.0. The van der Waals surface area contributed by atoms with Gasteiger partial charge in [0.1, 0.15) is 11.7 Å². The van der Waals surface area contributed by atoms with Crippen LogP contribution in [0.5, 0.6) is 5.75 Å². The van der Waals surface area contributed by atoms with Gasteiger partial charge in [0.15, 0.2) is 0 Å². The van der Waals surface area contributed by atoms with Crippen LogP contribution in [0.25, 0.3) is 0 Å². The summed E-state index contributed by atoms with van der Waals surface area (Å²) < 4.78 is 5.46. The Kier molecular flexibility index (Phi) is 4.06. The second-order valence-electron chi connectivity index (χ2n) is 4.82. The van der Waals surface area contributed by atoms with Gasteiger partial charge in [-0.15, -0.1) is 0 Å². The topological polar surface area (TPSA) is 53.3 Å². The first-order chi connectivity index (χ1) is 9.15. The highest BCUT2D eigenvalue weighted by molar-refractivity contribution is 5.80. The molecule has 0 spiro atoms. The van der Waals surface area contributed by atoms with Crippen LogP contribution in [-0.4, -0.2) is 24.5 Å². The van der Waals surface area contributed by atoms with E-state index < -0.39 is 5.92 Å². The highest BCUT2D eigenvalue weighted by atomic mass is 16.5. The van der Waals surface area contributed by atoms with E-state index in [1.165, 1.54) is 5.56 Å². The third-order valence-corrected chi connectivity index (χ3v) is 3.41. The van der Waals surface area contributed by atoms with Crippen molar-refractivity contribution in [3.05, 3.63) is 29.3 Å². The summed E-state index contributed by atoms with van der Waals surface area (Å²) in [5.41, 5.74) is 2.28. The largest absolute Gasteiger partial charge is 0.493 e. The van der Waals surface area contributed by atoms with Crippen molar-refractivity contribution >= 4 is 5.91 Å². The molecule has 0 fully saturated rings. The van der Waals surface area contributed by atoms with Gasteiger partial charge in [0.2, 0.25) is 5.91 Å². The number of amides is 1. The predicted octanol–water partition coefficient (Wildman–Crippen LogP) is 2.13. The zero-order valence-electron chi connectivity index (χ0n) is 11.3. The fourth-order valence-corrected chi connectivity index (χ4v) is 2.28. The van der Waals surface area contributed by atoms with Gasteiger partial charge in [-0.3, -0.25) is 4.79 Å². The second-order valence-corrected chi connectivity index (χ2v) is 4.82. The molecular formula is C15H18N2O2. The van der Waals surface area contributed by atoms with Crippen LogP contribution in [0.15, 0.2) is 18.2 Å². The Morgan fingerprint density at radius 1 is 1.58 bits per heavy atom. The highest BCUT2D eigenvalue weighted by Gasteiger charge is 2.20. The first-order valence-corrected chi connectivity index (χ1v) is 6.55. The maximum Gasteiger partial charge on any atom is 0.239 e. The number of benzene rings is 1. The summed E-state index contributed by atoms with van der Waals surface area (Å²) in [4.78, 5) is 13.6. The molecule has 1 aromatic rings. The van der Waals surface area contributed by atoms with Crippen molar-refractivity contribution in [1.82, 2.24) is 4.90 Å². The molecule has 1 aliphatic heterocycles. The van der Waals surface area contributed by atoms with E-state index in [1.807, 2.05) is 25.1 Å². The second kappa shape index (κ2) is 5.75. The molecule has 0 saturated heterocycles. The van der Waals surface area contributed by atoms with Gasteiger partial charge < -0.3 is 9.64 Å². The molecular weight excluding hydrogens is 240 g/mol. The van der Waals surface area contributed by atoms with Crippen molar-refractivity contribution in [1.29, 1.82) is 5.26 Å². The van der Waals surface area contributed by atoms with Crippen LogP contribution in [0.3, 0.4) is 0 Å². The monoisotopic (exact) mass is 258 g/mol. The number of hydrogen-bond acceptors (Lipinski definition) is 3. The van der Waals surface area contributed by atoms with Gasteiger partial charge >= 0.3 is 0 Å².